The van der Waals surface area contributed by atoms with Crippen LogP contribution < -0.4 is 9.80 Å². The van der Waals surface area contributed by atoms with Crippen LogP contribution in [0, 0.1) is 0 Å². The van der Waals surface area contributed by atoms with Crippen molar-refractivity contribution < 1.29 is 4.42 Å². The molecule has 0 unspecified atom stereocenters. The fraction of sp³-hybridized carbons (Fsp3) is 0. The zero-order chi connectivity index (χ0) is 63.0. The van der Waals surface area contributed by atoms with E-state index in [1.54, 1.807) is 0 Å². The molecule has 3 nitrogen and oxygen atoms in total. The van der Waals surface area contributed by atoms with Crippen LogP contribution in [0.3, 0.4) is 0 Å². The van der Waals surface area contributed by atoms with E-state index in [2.05, 4.69) is 325 Å². The maximum absolute atomic E-state index is 6.50. The molecule has 0 radical (unpaired) electrons. The van der Waals surface area contributed by atoms with Crippen molar-refractivity contribution in [3.63, 3.8) is 0 Å². The lowest BCUT2D eigenvalue weighted by molar-refractivity contribution is 0.669. The fourth-order valence-corrected chi connectivity index (χ4v) is 19.0. The first-order chi connectivity index (χ1) is 47.6. The number of fused-ring (bicyclic) bond motifs is 26. The Bertz CT molecular complexity index is 6720. The Kier molecular flexibility index (Phi) is 12.6. The number of nitrogens with zero attached hydrogens (tertiary/aromatic N) is 2. The minimum atomic E-state index is 0.883. The summed E-state index contributed by atoms with van der Waals surface area (Å²) in [5.41, 5.74) is 10.8. The highest BCUT2D eigenvalue weighted by atomic mass is 32.1. The third-order valence-electron chi connectivity index (χ3n) is 19.6. The number of furan rings is 1. The van der Waals surface area contributed by atoms with Crippen molar-refractivity contribution >= 4 is 215 Å². The van der Waals surface area contributed by atoms with Gasteiger partial charge in [-0.15, -0.1) is 34.0 Å². The van der Waals surface area contributed by atoms with Crippen molar-refractivity contribution in [2.24, 2.45) is 0 Å². The molecular formula is C90H54N2OS3. The summed E-state index contributed by atoms with van der Waals surface area (Å²) >= 11 is 5.68. The lowest BCUT2D eigenvalue weighted by atomic mass is 9.92. The minimum Gasteiger partial charge on any atom is -0.454 e. The molecule has 0 bridgehead atoms. The summed E-state index contributed by atoms with van der Waals surface area (Å²) in [7, 11) is 0. The van der Waals surface area contributed by atoms with Crippen LogP contribution in [0.25, 0.3) is 158 Å². The molecule has 0 aliphatic carbocycles. The molecule has 21 rings (SSSR count). The SMILES string of the molecule is c1ccc(N(c2ccc(-c3ccc4c(ccc5c4c4ccccc4c4sc6ccccc6c54)c3)cc2)c2cccc3c2oc2ccccc23)cc1.c1ccc(N(c2ccc3c(ccc4c5sc6ccccc6c5c5ccccc5c34)c2)c2ccc3sc4ccccc4c3c2)cc1. The van der Waals surface area contributed by atoms with Gasteiger partial charge >= 0.3 is 0 Å². The highest BCUT2D eigenvalue weighted by Gasteiger charge is 2.23. The molecule has 0 amide bonds. The Morgan fingerprint density at radius 3 is 1.38 bits per heavy atom. The minimum absolute atomic E-state index is 0.883. The lowest BCUT2D eigenvalue weighted by Gasteiger charge is -2.26. The molecule has 0 aliphatic heterocycles. The van der Waals surface area contributed by atoms with Crippen LogP contribution in [-0.2, 0) is 0 Å². The van der Waals surface area contributed by atoms with E-state index in [1.807, 2.05) is 46.1 Å². The molecule has 0 atom stereocenters. The number of rotatable bonds is 7. The van der Waals surface area contributed by atoms with Crippen LogP contribution >= 0.6 is 34.0 Å². The topological polar surface area (TPSA) is 19.6 Å². The quantitative estimate of drug-likeness (QED) is 0.148. The number of hydrogen-bond acceptors (Lipinski definition) is 6. The normalized spacial score (nSPS) is 12.0. The van der Waals surface area contributed by atoms with Gasteiger partial charge in [-0.2, -0.15) is 0 Å². The van der Waals surface area contributed by atoms with Gasteiger partial charge in [0, 0.05) is 110 Å². The first kappa shape index (κ1) is 54.9. The summed E-state index contributed by atoms with van der Waals surface area (Å²) in [6.07, 6.45) is 0. The highest BCUT2D eigenvalue weighted by molar-refractivity contribution is 7.27. The fourth-order valence-electron chi connectivity index (χ4n) is 15.4. The maximum Gasteiger partial charge on any atom is 0.159 e. The Morgan fingerprint density at radius 2 is 0.667 bits per heavy atom. The van der Waals surface area contributed by atoms with E-state index in [4.69, 9.17) is 4.42 Å². The lowest BCUT2D eigenvalue weighted by Crippen LogP contribution is -2.10. The van der Waals surface area contributed by atoms with Gasteiger partial charge in [0.25, 0.3) is 0 Å². The Hall–Kier alpha value is -11.6. The zero-order valence-corrected chi connectivity index (χ0v) is 54.2. The smallest absolute Gasteiger partial charge is 0.159 e. The van der Waals surface area contributed by atoms with Gasteiger partial charge in [0.05, 0.1) is 5.69 Å². The number of hydrogen-bond donors (Lipinski definition) is 0. The van der Waals surface area contributed by atoms with Crippen LogP contribution in [0.1, 0.15) is 0 Å². The maximum atomic E-state index is 6.50. The molecule has 0 fully saturated rings. The van der Waals surface area contributed by atoms with Crippen LogP contribution in [0.5, 0.6) is 0 Å². The van der Waals surface area contributed by atoms with Crippen molar-refractivity contribution in [1.82, 2.24) is 0 Å². The molecule has 4 aromatic heterocycles. The summed E-state index contributed by atoms with van der Waals surface area (Å²) in [6, 6.07) is 119. The van der Waals surface area contributed by atoms with E-state index >= 15 is 0 Å². The predicted octanol–water partition coefficient (Wildman–Crippen LogP) is 27.9. The molecule has 0 saturated carbocycles. The summed E-state index contributed by atoms with van der Waals surface area (Å²) < 4.78 is 14.6. The van der Waals surface area contributed by atoms with Crippen molar-refractivity contribution in [3.05, 3.63) is 328 Å². The Morgan fingerprint density at radius 1 is 0.219 bits per heavy atom. The van der Waals surface area contributed by atoms with Gasteiger partial charge in [-0.3, -0.25) is 0 Å². The van der Waals surface area contributed by atoms with Crippen molar-refractivity contribution in [3.8, 4) is 11.1 Å². The first-order valence-corrected chi connectivity index (χ1v) is 35.1. The number of thiophene rings is 3. The second-order valence-electron chi connectivity index (χ2n) is 24.9. The van der Waals surface area contributed by atoms with E-state index in [0.29, 0.717) is 0 Å². The Labute approximate surface area is 564 Å². The van der Waals surface area contributed by atoms with Crippen molar-refractivity contribution in [2.45, 2.75) is 0 Å². The van der Waals surface area contributed by atoms with E-state index in [-0.39, 0.29) is 0 Å². The molecule has 6 heteroatoms. The molecule has 448 valence electrons. The molecular weight excluding hydrogens is 1220 g/mol. The van der Waals surface area contributed by atoms with Gasteiger partial charge < -0.3 is 14.2 Å². The third kappa shape index (κ3) is 8.63. The van der Waals surface area contributed by atoms with Crippen LogP contribution in [-0.4, -0.2) is 0 Å². The average molecular weight is 1280 g/mol. The van der Waals surface area contributed by atoms with E-state index in [1.165, 1.54) is 136 Å². The van der Waals surface area contributed by atoms with Gasteiger partial charge in [-0.05, 0) is 168 Å². The van der Waals surface area contributed by atoms with Crippen molar-refractivity contribution in [1.29, 1.82) is 0 Å². The Balaban J connectivity index is 0.000000132. The molecule has 21 aromatic rings. The van der Waals surface area contributed by atoms with Crippen LogP contribution in [0.15, 0.2) is 332 Å². The molecule has 96 heavy (non-hydrogen) atoms. The largest absolute Gasteiger partial charge is 0.454 e. The highest BCUT2D eigenvalue weighted by Crippen LogP contribution is 2.50. The predicted molar refractivity (Wildman–Crippen MR) is 419 cm³/mol. The van der Waals surface area contributed by atoms with Gasteiger partial charge in [0.1, 0.15) is 5.58 Å². The summed E-state index contributed by atoms with van der Waals surface area (Å²) in [6.45, 7) is 0. The van der Waals surface area contributed by atoms with Gasteiger partial charge in [-0.1, -0.05) is 224 Å². The number of benzene rings is 17. The monoisotopic (exact) mass is 1270 g/mol. The molecule has 17 aromatic carbocycles. The summed E-state index contributed by atoms with van der Waals surface area (Å²) in [4.78, 5) is 4.68. The van der Waals surface area contributed by atoms with E-state index < -0.39 is 0 Å². The third-order valence-corrected chi connectivity index (χ3v) is 23.2. The second kappa shape index (κ2) is 22.0. The van der Waals surface area contributed by atoms with Crippen LogP contribution in [0.2, 0.25) is 0 Å². The van der Waals surface area contributed by atoms with Gasteiger partial charge in [-0.25, -0.2) is 0 Å². The zero-order valence-electron chi connectivity index (χ0n) is 51.7. The van der Waals surface area contributed by atoms with E-state index in [0.717, 1.165) is 56.1 Å². The number of para-hydroxylation sites is 4. The van der Waals surface area contributed by atoms with Gasteiger partial charge in [0.15, 0.2) is 5.58 Å². The van der Waals surface area contributed by atoms with E-state index in [9.17, 15) is 0 Å². The summed E-state index contributed by atoms with van der Waals surface area (Å²) in [5.74, 6) is 0. The van der Waals surface area contributed by atoms with Crippen molar-refractivity contribution in [2.75, 3.05) is 9.80 Å². The van der Waals surface area contributed by atoms with Gasteiger partial charge in [0.2, 0.25) is 0 Å². The molecule has 0 saturated heterocycles. The molecule has 0 spiro atoms. The summed E-state index contributed by atoms with van der Waals surface area (Å²) in [5, 5.41) is 26.0. The van der Waals surface area contributed by atoms with Crippen LogP contribution in [0.4, 0.5) is 34.1 Å². The second-order valence-corrected chi connectivity index (χ2v) is 28.1. The standard InChI is InChI=1S/C48H29NOS.C42H25NS2/c1-2-11-33(12-3-1)49(42-18-10-17-38-36-13-6-8-19-43(36)50-47(38)42)34-25-21-30(22-26-34)31-23-27-35-32(29-31)24-28-41-45(35)37-14-4-5-15-39(37)48-46(41)40-16-7-9-20-44(40)51-48;1-2-10-27(11-3-1)43(29-20-23-39-36(25-29)31-12-6-8-16-37(31)44-39)28-19-22-30-26(24-28)18-21-35-40(30)32-13-4-5-14-33(32)41-34-15-7-9-17-38(34)45-42(35)41/h1-29H;1-25H. The average Bonchev–Trinajstić information content (AvgIpc) is 1.39. The number of anilines is 6. The first-order valence-electron chi connectivity index (χ1n) is 32.6. The molecule has 4 heterocycles. The molecule has 0 aliphatic rings. The molecule has 0 N–H and O–H groups in total.